The van der Waals surface area contributed by atoms with E-state index in [4.69, 9.17) is 14.2 Å². The van der Waals surface area contributed by atoms with Crippen LogP contribution in [-0.4, -0.2) is 35.6 Å². The number of esters is 1. The van der Waals surface area contributed by atoms with E-state index in [2.05, 4.69) is 5.10 Å². The van der Waals surface area contributed by atoms with Gasteiger partial charge in [-0.05, 0) is 27.7 Å². The molecule has 0 saturated carbocycles. The summed E-state index contributed by atoms with van der Waals surface area (Å²) in [5.41, 5.74) is 0. The Kier molecular flexibility index (Phi) is 5.48. The fraction of sp³-hybridized carbons (Fsp3) is 0.667. The molecule has 0 atom stereocenters. The van der Waals surface area contributed by atoms with Crippen LogP contribution in [0.15, 0.2) is 6.07 Å². The van der Waals surface area contributed by atoms with Gasteiger partial charge in [-0.2, -0.15) is 0 Å². The Labute approximate surface area is 107 Å². The van der Waals surface area contributed by atoms with Crippen LogP contribution < -0.4 is 9.47 Å². The fourth-order valence-electron chi connectivity index (χ4n) is 1.39. The molecule has 0 saturated heterocycles. The van der Waals surface area contributed by atoms with Gasteiger partial charge in [-0.15, -0.1) is 5.10 Å². The highest BCUT2D eigenvalue weighted by Gasteiger charge is 2.14. The first-order valence-electron chi connectivity index (χ1n) is 6.09. The van der Waals surface area contributed by atoms with E-state index in [1.54, 1.807) is 17.7 Å². The van der Waals surface area contributed by atoms with Crippen molar-refractivity contribution in [1.82, 2.24) is 9.78 Å². The molecular formula is C12H20N2O4. The Morgan fingerprint density at radius 1 is 1.33 bits per heavy atom. The van der Waals surface area contributed by atoms with Crippen LogP contribution in [0.4, 0.5) is 0 Å². The molecule has 0 N–H and O–H groups in total. The molecule has 0 aliphatic heterocycles. The lowest BCUT2D eigenvalue weighted by Crippen LogP contribution is -2.16. The van der Waals surface area contributed by atoms with Crippen LogP contribution in [0.1, 0.15) is 33.7 Å². The third kappa shape index (κ3) is 3.94. The van der Waals surface area contributed by atoms with Gasteiger partial charge in [-0.1, -0.05) is 0 Å². The van der Waals surface area contributed by atoms with Crippen LogP contribution >= 0.6 is 0 Å². The first-order chi connectivity index (χ1) is 8.58. The van der Waals surface area contributed by atoms with Crippen molar-refractivity contribution in [1.29, 1.82) is 0 Å². The lowest BCUT2D eigenvalue weighted by atomic mass is 10.4. The number of hydrogen-bond donors (Lipinski definition) is 0. The second kappa shape index (κ2) is 6.88. The summed E-state index contributed by atoms with van der Waals surface area (Å²) < 4.78 is 17.2. The lowest BCUT2D eigenvalue weighted by molar-refractivity contribution is -0.145. The quantitative estimate of drug-likeness (QED) is 0.696. The van der Waals surface area contributed by atoms with E-state index in [0.717, 1.165) is 0 Å². The normalized spacial score (nSPS) is 10.5. The number of ether oxygens (including phenoxy) is 3. The van der Waals surface area contributed by atoms with Crippen molar-refractivity contribution in [3.8, 4) is 11.8 Å². The molecule has 102 valence electrons. The molecule has 1 heterocycles. The molecule has 0 spiro atoms. The minimum Gasteiger partial charge on any atom is -0.477 e. The van der Waals surface area contributed by atoms with Gasteiger partial charge in [0.2, 0.25) is 11.8 Å². The largest absolute Gasteiger partial charge is 0.477 e. The number of carbonyl (C=O) groups excluding carboxylic acids is 1. The first kappa shape index (κ1) is 14.3. The summed E-state index contributed by atoms with van der Waals surface area (Å²) in [6.07, 6.45) is 0. The van der Waals surface area contributed by atoms with Crippen LogP contribution in [0.5, 0.6) is 11.8 Å². The third-order valence-corrected chi connectivity index (χ3v) is 2.10. The van der Waals surface area contributed by atoms with Gasteiger partial charge in [0.15, 0.2) is 6.61 Å². The van der Waals surface area contributed by atoms with Crippen molar-refractivity contribution < 1.29 is 19.0 Å². The second-order valence-electron chi connectivity index (χ2n) is 3.89. The summed E-state index contributed by atoms with van der Waals surface area (Å²) in [5, 5.41) is 4.24. The Balaban J connectivity index is 2.70. The predicted octanol–water partition coefficient (Wildman–Crippen LogP) is 1.80. The zero-order valence-electron chi connectivity index (χ0n) is 11.3. The Morgan fingerprint density at radius 2 is 2.06 bits per heavy atom. The summed E-state index contributed by atoms with van der Waals surface area (Å²) in [4.78, 5) is 11.2. The van der Waals surface area contributed by atoms with E-state index in [0.29, 0.717) is 25.0 Å². The molecule has 0 aliphatic carbocycles. The Morgan fingerprint density at radius 3 is 2.61 bits per heavy atom. The maximum atomic E-state index is 11.2. The van der Waals surface area contributed by atoms with Gasteiger partial charge in [0, 0.05) is 0 Å². The summed E-state index contributed by atoms with van der Waals surface area (Å²) in [6, 6.07) is 1.79. The number of rotatable bonds is 7. The number of aromatic nitrogens is 2. The highest BCUT2D eigenvalue weighted by Crippen LogP contribution is 2.23. The molecule has 0 aliphatic rings. The van der Waals surface area contributed by atoms with E-state index < -0.39 is 5.97 Å². The van der Waals surface area contributed by atoms with Crippen LogP contribution in [0.2, 0.25) is 0 Å². The molecule has 0 fully saturated rings. The lowest BCUT2D eigenvalue weighted by Gasteiger charge is -2.10. The molecule has 0 bridgehead atoms. The van der Waals surface area contributed by atoms with Crippen LogP contribution in [0.3, 0.4) is 0 Å². The van der Waals surface area contributed by atoms with Gasteiger partial charge in [0.25, 0.3) is 0 Å². The maximum Gasteiger partial charge on any atom is 0.344 e. The van der Waals surface area contributed by atoms with E-state index in [1.807, 2.05) is 20.8 Å². The van der Waals surface area contributed by atoms with Crippen molar-refractivity contribution in [2.24, 2.45) is 0 Å². The molecule has 0 unspecified atom stereocenters. The maximum absolute atomic E-state index is 11.2. The summed E-state index contributed by atoms with van der Waals surface area (Å²) in [7, 11) is 0. The molecule has 0 radical (unpaired) electrons. The van der Waals surface area contributed by atoms with Gasteiger partial charge in [0.1, 0.15) is 0 Å². The molecule has 6 nitrogen and oxygen atoms in total. The molecular weight excluding hydrogens is 236 g/mol. The highest BCUT2D eigenvalue weighted by molar-refractivity contribution is 5.71. The molecule has 0 amide bonds. The van der Waals surface area contributed by atoms with E-state index >= 15 is 0 Å². The molecule has 6 heteroatoms. The summed E-state index contributed by atoms with van der Waals surface area (Å²) in [6.45, 7) is 8.33. The Bertz CT molecular complexity index is 387. The zero-order valence-corrected chi connectivity index (χ0v) is 11.3. The topological polar surface area (TPSA) is 62.6 Å². The Hall–Kier alpha value is -1.72. The van der Waals surface area contributed by atoms with Gasteiger partial charge in [-0.25, -0.2) is 9.48 Å². The summed E-state index contributed by atoms with van der Waals surface area (Å²) >= 11 is 0. The van der Waals surface area contributed by atoms with E-state index in [1.165, 1.54) is 0 Å². The number of carbonyl (C=O) groups is 1. The van der Waals surface area contributed by atoms with E-state index in [9.17, 15) is 4.79 Å². The first-order valence-corrected chi connectivity index (χ1v) is 6.09. The third-order valence-electron chi connectivity index (χ3n) is 2.10. The predicted molar refractivity (Wildman–Crippen MR) is 65.9 cm³/mol. The van der Waals surface area contributed by atoms with E-state index in [-0.39, 0.29) is 12.6 Å². The fourth-order valence-corrected chi connectivity index (χ4v) is 1.39. The van der Waals surface area contributed by atoms with Gasteiger partial charge in [0.05, 0.1) is 25.3 Å². The minimum absolute atomic E-state index is 0.122. The van der Waals surface area contributed by atoms with Crippen LogP contribution in [0.25, 0.3) is 0 Å². The van der Waals surface area contributed by atoms with Gasteiger partial charge < -0.3 is 14.2 Å². The van der Waals surface area contributed by atoms with Crippen molar-refractivity contribution in [3.05, 3.63) is 6.07 Å². The molecule has 18 heavy (non-hydrogen) atoms. The average Bonchev–Trinajstić information content (AvgIpc) is 2.71. The SMILES string of the molecule is CCOC(=O)COc1cc(OCC)nn1C(C)C. The van der Waals surface area contributed by atoms with Crippen molar-refractivity contribution in [2.45, 2.75) is 33.7 Å². The van der Waals surface area contributed by atoms with Crippen molar-refractivity contribution >= 4 is 5.97 Å². The van der Waals surface area contributed by atoms with Crippen molar-refractivity contribution in [3.63, 3.8) is 0 Å². The van der Waals surface area contributed by atoms with Crippen molar-refractivity contribution in [2.75, 3.05) is 19.8 Å². The highest BCUT2D eigenvalue weighted by atomic mass is 16.6. The molecule has 0 aromatic carbocycles. The smallest absolute Gasteiger partial charge is 0.344 e. The van der Waals surface area contributed by atoms with Gasteiger partial charge >= 0.3 is 5.97 Å². The standard InChI is InChI=1S/C12H20N2O4/c1-5-16-10-7-11(14(13-10)9(3)4)18-8-12(15)17-6-2/h7,9H,5-6,8H2,1-4H3. The monoisotopic (exact) mass is 256 g/mol. The molecule has 1 aromatic heterocycles. The average molecular weight is 256 g/mol. The van der Waals surface area contributed by atoms with Gasteiger partial charge in [-0.3, -0.25) is 0 Å². The number of nitrogens with zero attached hydrogens (tertiary/aromatic N) is 2. The molecule has 1 aromatic rings. The van der Waals surface area contributed by atoms with Crippen LogP contribution in [-0.2, 0) is 9.53 Å². The zero-order chi connectivity index (χ0) is 13.5. The number of hydrogen-bond acceptors (Lipinski definition) is 5. The summed E-state index contributed by atoms with van der Waals surface area (Å²) in [5.74, 6) is 0.596. The molecule has 1 rings (SSSR count). The minimum atomic E-state index is -0.396. The second-order valence-corrected chi connectivity index (χ2v) is 3.89. The van der Waals surface area contributed by atoms with Crippen LogP contribution in [0, 0.1) is 0 Å².